The number of furan rings is 2. The van der Waals surface area contributed by atoms with Gasteiger partial charge in [0, 0.05) is 47.9 Å². The molecule has 4 nitrogen and oxygen atoms in total. The predicted molar refractivity (Wildman–Crippen MR) is 468 cm³/mol. The molecule has 0 aliphatic heterocycles. The smallest absolute Gasteiger partial charge is 0.537 e. The Morgan fingerprint density at radius 1 is 0.218 bits per heavy atom. The van der Waals surface area contributed by atoms with Crippen LogP contribution in [-0.2, 0) is 0 Å². The second-order valence-electron chi connectivity index (χ2n) is 28.1. The number of hydrogen-bond acceptors (Lipinski definition) is 4. The fourth-order valence-corrected chi connectivity index (χ4v) is 17.5. The summed E-state index contributed by atoms with van der Waals surface area (Å²) in [5.41, 5.74) is 20.4. The molecule has 0 unspecified atom stereocenters. The molecule has 2 heterocycles. The third-order valence-electron chi connectivity index (χ3n) is 21.8. The topological polar surface area (TPSA) is 55.7 Å². The van der Waals surface area contributed by atoms with Crippen molar-refractivity contribution in [2.75, 3.05) is 0 Å². The van der Waals surface area contributed by atoms with E-state index in [2.05, 4.69) is 344 Å². The van der Waals surface area contributed by atoms with Crippen LogP contribution in [0.25, 0.3) is 208 Å². The van der Waals surface area contributed by atoms with Crippen molar-refractivity contribution < 1.29 is 18.5 Å². The molecule has 22 rings (SSSR count). The molecule has 0 fully saturated rings. The molecule has 0 aliphatic rings. The van der Waals surface area contributed by atoms with E-state index in [1.54, 1.807) is 0 Å². The number of fused-ring (bicyclic) bond motifs is 14. The lowest BCUT2D eigenvalue weighted by Gasteiger charge is -2.19. The van der Waals surface area contributed by atoms with E-state index >= 15 is 0 Å². The van der Waals surface area contributed by atoms with Crippen molar-refractivity contribution in [2.24, 2.45) is 0 Å². The van der Waals surface area contributed by atoms with Crippen LogP contribution < -0.4 is 4.65 Å². The van der Waals surface area contributed by atoms with Gasteiger partial charge in [0.05, 0.1) is 0 Å². The van der Waals surface area contributed by atoms with Gasteiger partial charge in [0.15, 0.2) is 0 Å². The van der Waals surface area contributed by atoms with Crippen molar-refractivity contribution in [1.82, 2.24) is 0 Å². The third kappa shape index (κ3) is 11.5. The molecule has 0 saturated heterocycles. The Labute approximate surface area is 644 Å². The maximum Gasteiger partial charge on any atom is 0.569 e. The number of benzene rings is 20. The van der Waals surface area contributed by atoms with Crippen LogP contribution in [0.2, 0.25) is 0 Å². The van der Waals surface area contributed by atoms with E-state index < -0.39 is 0 Å². The predicted octanol–water partition coefficient (Wildman–Crippen LogP) is 29.4. The van der Waals surface area contributed by atoms with E-state index in [1.165, 1.54) is 115 Å². The maximum absolute atomic E-state index is 9.43. The molecule has 22 aromatic rings. The molecule has 110 heavy (non-hydrogen) atoms. The summed E-state index contributed by atoms with van der Waals surface area (Å²) in [7, 11) is 0.759. The Kier molecular flexibility index (Phi) is 16.7. The lowest BCUT2D eigenvalue weighted by atomic mass is 9.84. The molecular weight excluding hydrogens is 1400 g/mol. The second-order valence-corrected chi connectivity index (χ2v) is 29.0. The molecule has 0 spiro atoms. The molecule has 0 aliphatic carbocycles. The van der Waals surface area contributed by atoms with Gasteiger partial charge in [-0.15, -0.1) is 0 Å². The quantitative estimate of drug-likeness (QED) is 0.116. The van der Waals surface area contributed by atoms with Gasteiger partial charge in [-0.05, 0) is 197 Å². The summed E-state index contributed by atoms with van der Waals surface area (Å²) in [5.74, 6) is 0.664. The molecule has 515 valence electrons. The van der Waals surface area contributed by atoms with Crippen LogP contribution in [-0.4, -0.2) is 12.7 Å². The van der Waals surface area contributed by atoms with Gasteiger partial charge in [-0.2, -0.15) is 0 Å². The van der Waals surface area contributed by atoms with Crippen LogP contribution >= 0.6 is 15.9 Å². The molecule has 1 radical (unpaired) electrons. The number of hydrogen-bond donors (Lipinski definition) is 1. The van der Waals surface area contributed by atoms with Crippen molar-refractivity contribution in [3.63, 3.8) is 0 Å². The zero-order chi connectivity index (χ0) is 73.2. The van der Waals surface area contributed by atoms with Gasteiger partial charge in [0.2, 0.25) is 0 Å². The number of rotatable bonds is 9. The Morgan fingerprint density at radius 3 is 0.900 bits per heavy atom. The monoisotopic (exact) mass is 1470 g/mol. The van der Waals surface area contributed by atoms with Gasteiger partial charge in [-0.3, -0.25) is 0 Å². The molecule has 20 aromatic carbocycles. The Morgan fingerprint density at radius 2 is 0.500 bits per heavy atom. The van der Waals surface area contributed by atoms with Crippen LogP contribution in [0.1, 0.15) is 0 Å². The fourth-order valence-electron chi connectivity index (χ4n) is 17.1. The first-order chi connectivity index (χ1) is 54.5. The molecule has 0 bridgehead atoms. The first-order valence-corrected chi connectivity index (χ1v) is 37.9. The molecule has 6 heteroatoms. The highest BCUT2D eigenvalue weighted by Gasteiger charge is 2.23. The Hall–Kier alpha value is -13.6. The summed E-state index contributed by atoms with van der Waals surface area (Å²) in [6, 6.07) is 138. The zero-order valence-corrected chi connectivity index (χ0v) is 61.2. The molecule has 1 N–H and O–H groups in total. The number of para-hydroxylation sites is 2. The summed E-state index contributed by atoms with van der Waals surface area (Å²) < 4.78 is 19.6. The lowest BCUT2D eigenvalue weighted by molar-refractivity contribution is 0.459. The van der Waals surface area contributed by atoms with Gasteiger partial charge < -0.3 is 18.5 Å². The van der Waals surface area contributed by atoms with Crippen LogP contribution in [0, 0.1) is 0 Å². The highest BCUT2D eigenvalue weighted by atomic mass is 79.9. The van der Waals surface area contributed by atoms with Crippen LogP contribution in [0.5, 0.6) is 5.75 Å². The minimum atomic E-state index is 0.664. The highest BCUT2D eigenvalue weighted by molar-refractivity contribution is 9.10. The minimum Gasteiger partial charge on any atom is -0.537 e. The standard InChI is InChI=1S/C52H32O.C30H20BO2.C22H13BrO/c1-3-21-39-33(14-1)16-13-28-40(39)34-17-11-18-36(30-34)49-43-24-5-7-26-45(43)50(46-27-8-6-25-44(46)49)37-19-12-20-38(31-37)51-41-22-4-2-15-35(41)32-47-42-23-9-10-29-48(42)53-52(47)51;32-31-33-30-27-16-5-3-14-25(27)29(26-15-4-6-17-28(26)30)22-12-7-11-21(19-22)24-18-8-10-20-9-1-2-13-23(20)24;23-16-8-5-7-15(12-16)21-17-9-2-1-6-14(17)13-19-18-10-3-4-11-20(18)24-22(19)21/h1-32H;1-19,32H;1-13H. The normalized spacial score (nSPS) is 11.5. The van der Waals surface area contributed by atoms with Crippen molar-refractivity contribution in [3.8, 4) is 83.6 Å². The SMILES string of the molecule is Brc1cccc(-c2c3ccccc3cc3c2oc2ccccc23)c1.O[B]Oc1c2ccccc2c(-c2cccc(-c3cccc4ccccc34)c2)c2ccccc12.c1cc(-c2cccc3ccccc23)cc(-c2c3ccccc3c(-c3cccc(-c4c5ccccc5cc5c4oc4ccccc45)c3)c3ccccc23)c1. The summed E-state index contributed by atoms with van der Waals surface area (Å²) in [5, 5.41) is 32.9. The van der Waals surface area contributed by atoms with E-state index in [4.69, 9.17) is 13.5 Å². The minimum absolute atomic E-state index is 0.664. The van der Waals surface area contributed by atoms with Gasteiger partial charge >= 0.3 is 7.69 Å². The maximum atomic E-state index is 9.43. The summed E-state index contributed by atoms with van der Waals surface area (Å²) in [6.07, 6.45) is 0. The van der Waals surface area contributed by atoms with E-state index in [0.29, 0.717) is 5.75 Å². The van der Waals surface area contributed by atoms with Crippen LogP contribution in [0.4, 0.5) is 0 Å². The van der Waals surface area contributed by atoms with Crippen LogP contribution in [0.3, 0.4) is 0 Å². The molecule has 0 atom stereocenters. The summed E-state index contributed by atoms with van der Waals surface area (Å²) in [4.78, 5) is 0. The van der Waals surface area contributed by atoms with Crippen molar-refractivity contribution >= 4 is 154 Å². The molecule has 2 aromatic heterocycles. The Bertz CT molecular complexity index is 7290. The summed E-state index contributed by atoms with van der Waals surface area (Å²) in [6.45, 7) is 0. The lowest BCUT2D eigenvalue weighted by Crippen LogP contribution is -2.02. The second kappa shape index (κ2) is 27.9. The average Bonchev–Trinajstić information content (AvgIpc) is 1.05. The van der Waals surface area contributed by atoms with Gasteiger partial charge in [-0.1, -0.05) is 350 Å². The van der Waals surface area contributed by atoms with E-state index in [9.17, 15) is 5.02 Å². The molecule has 0 saturated carbocycles. The molecule has 0 amide bonds. The first kappa shape index (κ1) is 65.9. The average molecular weight is 1470 g/mol. The van der Waals surface area contributed by atoms with Crippen molar-refractivity contribution in [1.29, 1.82) is 0 Å². The van der Waals surface area contributed by atoms with E-state index in [-0.39, 0.29) is 0 Å². The van der Waals surface area contributed by atoms with E-state index in [1.807, 2.05) is 60.7 Å². The largest absolute Gasteiger partial charge is 0.569 e. The Balaban J connectivity index is 0.000000118. The highest BCUT2D eigenvalue weighted by Crippen LogP contribution is 2.50. The fraction of sp³-hybridized carbons (Fsp3) is 0. The van der Waals surface area contributed by atoms with E-state index in [0.717, 1.165) is 106 Å². The third-order valence-corrected chi connectivity index (χ3v) is 22.3. The van der Waals surface area contributed by atoms with Gasteiger partial charge in [-0.25, -0.2) is 0 Å². The summed E-state index contributed by atoms with van der Waals surface area (Å²) >= 11 is 3.59. The number of halogens is 1. The van der Waals surface area contributed by atoms with Crippen LogP contribution in [0.15, 0.2) is 402 Å². The van der Waals surface area contributed by atoms with Crippen molar-refractivity contribution in [3.05, 3.63) is 393 Å². The van der Waals surface area contributed by atoms with Gasteiger partial charge in [0.1, 0.15) is 28.1 Å². The molecular formula is C104H65BBrO4. The first-order valence-electron chi connectivity index (χ1n) is 37.2. The zero-order valence-electron chi connectivity index (χ0n) is 59.6. The van der Waals surface area contributed by atoms with Gasteiger partial charge in [0.25, 0.3) is 0 Å². The van der Waals surface area contributed by atoms with Crippen molar-refractivity contribution in [2.45, 2.75) is 0 Å².